The van der Waals surface area contributed by atoms with Gasteiger partial charge in [-0.3, -0.25) is 10.1 Å². The fraction of sp³-hybridized carbons (Fsp3) is 0. The summed E-state index contributed by atoms with van der Waals surface area (Å²) in [6.07, 6.45) is 0. The summed E-state index contributed by atoms with van der Waals surface area (Å²) in [6, 6.07) is 25.8. The molecule has 0 radical (unpaired) electrons. The predicted molar refractivity (Wildman–Crippen MR) is 98.9 cm³/mol. The third kappa shape index (κ3) is 2.95. The van der Waals surface area contributed by atoms with Crippen molar-refractivity contribution in [3.05, 3.63) is 95.0 Å². The first-order chi connectivity index (χ1) is 12.7. The molecule has 0 amide bonds. The van der Waals surface area contributed by atoms with Gasteiger partial charge in [0.1, 0.15) is 11.4 Å². The Kier molecular flexibility index (Phi) is 3.99. The lowest BCUT2D eigenvalue weighted by molar-refractivity contribution is -0.384. The topological polar surface area (TPSA) is 73.8 Å². The summed E-state index contributed by atoms with van der Waals surface area (Å²) >= 11 is 0. The summed E-state index contributed by atoms with van der Waals surface area (Å²) in [5.74, 6) is 0. The average Bonchev–Trinajstić information content (AvgIpc) is 3.15. The van der Waals surface area contributed by atoms with Gasteiger partial charge in [-0.25, -0.2) is 0 Å². The van der Waals surface area contributed by atoms with E-state index in [-0.39, 0.29) is 5.69 Å². The van der Waals surface area contributed by atoms with E-state index in [0.29, 0.717) is 5.69 Å². The maximum atomic E-state index is 10.8. The van der Waals surface area contributed by atoms with E-state index in [1.54, 1.807) is 12.1 Å². The zero-order valence-corrected chi connectivity index (χ0v) is 13.7. The van der Waals surface area contributed by atoms with Crippen LogP contribution in [0.1, 0.15) is 0 Å². The maximum absolute atomic E-state index is 10.8. The second kappa shape index (κ2) is 6.60. The first kappa shape index (κ1) is 15.7. The highest BCUT2D eigenvalue weighted by Gasteiger charge is 2.16. The highest BCUT2D eigenvalue weighted by Crippen LogP contribution is 2.29. The Labute approximate surface area is 149 Å². The van der Waals surface area contributed by atoms with Crippen LogP contribution >= 0.6 is 0 Å². The predicted octanol–water partition coefficient (Wildman–Crippen LogP) is 4.51. The summed E-state index contributed by atoms with van der Waals surface area (Å²) in [5, 5.41) is 20.1. The van der Waals surface area contributed by atoms with Crippen molar-refractivity contribution in [2.24, 2.45) is 0 Å². The third-order valence-corrected chi connectivity index (χ3v) is 4.00. The lowest BCUT2D eigenvalue weighted by atomic mass is 10.1. The van der Waals surface area contributed by atoms with Gasteiger partial charge in [-0.1, -0.05) is 60.7 Å². The van der Waals surface area contributed by atoms with Crippen LogP contribution in [-0.4, -0.2) is 19.9 Å². The first-order valence-corrected chi connectivity index (χ1v) is 8.05. The van der Waals surface area contributed by atoms with Crippen molar-refractivity contribution < 1.29 is 4.92 Å². The maximum Gasteiger partial charge on any atom is 0.269 e. The van der Waals surface area contributed by atoms with Crippen molar-refractivity contribution in [3.63, 3.8) is 0 Å². The fourth-order valence-electron chi connectivity index (χ4n) is 2.71. The third-order valence-electron chi connectivity index (χ3n) is 4.00. The number of rotatable bonds is 4. The number of nitro groups is 1. The molecule has 0 saturated carbocycles. The first-order valence-electron chi connectivity index (χ1n) is 8.05. The lowest BCUT2D eigenvalue weighted by Gasteiger charge is -2.00. The number of nitrogens with zero attached hydrogens (tertiary/aromatic N) is 4. The number of non-ortho nitro benzene ring substituents is 1. The van der Waals surface area contributed by atoms with E-state index in [9.17, 15) is 10.1 Å². The highest BCUT2D eigenvalue weighted by atomic mass is 16.6. The van der Waals surface area contributed by atoms with E-state index in [1.165, 1.54) is 16.9 Å². The molecular formula is C20H14N4O2. The zero-order valence-electron chi connectivity index (χ0n) is 13.7. The quantitative estimate of drug-likeness (QED) is 0.404. The summed E-state index contributed by atoms with van der Waals surface area (Å²) in [7, 11) is 0. The number of hydrogen-bond acceptors (Lipinski definition) is 4. The Morgan fingerprint density at radius 1 is 0.692 bits per heavy atom. The van der Waals surface area contributed by atoms with Crippen LogP contribution in [0.15, 0.2) is 84.9 Å². The number of benzene rings is 3. The van der Waals surface area contributed by atoms with Gasteiger partial charge in [-0.15, -0.1) is 10.2 Å². The number of hydrogen-bond donors (Lipinski definition) is 0. The van der Waals surface area contributed by atoms with Crippen molar-refractivity contribution in [1.29, 1.82) is 0 Å². The Balaban J connectivity index is 1.85. The molecule has 0 aliphatic rings. The number of aromatic nitrogens is 3. The molecule has 0 atom stereocenters. The molecule has 4 aromatic rings. The molecular weight excluding hydrogens is 328 g/mol. The van der Waals surface area contributed by atoms with Gasteiger partial charge in [0.2, 0.25) is 0 Å². The molecule has 6 nitrogen and oxygen atoms in total. The molecule has 0 saturated heterocycles. The zero-order chi connectivity index (χ0) is 17.9. The van der Waals surface area contributed by atoms with Gasteiger partial charge in [0, 0.05) is 23.3 Å². The molecule has 0 aliphatic carbocycles. The molecule has 0 bridgehead atoms. The summed E-state index contributed by atoms with van der Waals surface area (Å²) < 4.78 is 0. The van der Waals surface area contributed by atoms with Crippen molar-refractivity contribution in [2.75, 3.05) is 0 Å². The van der Waals surface area contributed by atoms with Crippen molar-refractivity contribution in [3.8, 4) is 28.2 Å². The van der Waals surface area contributed by atoms with E-state index in [2.05, 4.69) is 10.2 Å². The van der Waals surface area contributed by atoms with Gasteiger partial charge in [-0.2, -0.15) is 4.80 Å². The summed E-state index contributed by atoms with van der Waals surface area (Å²) in [5.41, 5.74) is 4.13. The van der Waals surface area contributed by atoms with E-state index in [4.69, 9.17) is 0 Å². The second-order valence-electron chi connectivity index (χ2n) is 5.69. The van der Waals surface area contributed by atoms with E-state index >= 15 is 0 Å². The normalized spacial score (nSPS) is 10.6. The standard InChI is InChI=1S/C20H14N4O2/c25-24(26)18-13-11-17(12-14-18)23-21-19(15-7-3-1-4-8-15)20(22-23)16-9-5-2-6-10-16/h1-14H. The van der Waals surface area contributed by atoms with Crippen LogP contribution < -0.4 is 0 Å². The van der Waals surface area contributed by atoms with Crippen molar-refractivity contribution in [1.82, 2.24) is 15.0 Å². The van der Waals surface area contributed by atoms with Crippen molar-refractivity contribution >= 4 is 5.69 Å². The van der Waals surface area contributed by atoms with Gasteiger partial charge in [0.25, 0.3) is 5.69 Å². The average molecular weight is 342 g/mol. The lowest BCUT2D eigenvalue weighted by Crippen LogP contribution is -1.99. The smallest absolute Gasteiger partial charge is 0.258 e. The largest absolute Gasteiger partial charge is 0.269 e. The minimum atomic E-state index is -0.426. The minimum absolute atomic E-state index is 0.0347. The van der Waals surface area contributed by atoms with Crippen molar-refractivity contribution in [2.45, 2.75) is 0 Å². The van der Waals surface area contributed by atoms with E-state index in [1.807, 2.05) is 60.7 Å². The van der Waals surface area contributed by atoms with Crippen LogP contribution in [-0.2, 0) is 0 Å². The molecule has 1 heterocycles. The molecule has 0 fully saturated rings. The molecule has 6 heteroatoms. The molecule has 0 spiro atoms. The summed E-state index contributed by atoms with van der Waals surface area (Å²) in [4.78, 5) is 11.9. The van der Waals surface area contributed by atoms with Crippen LogP contribution in [0.25, 0.3) is 28.2 Å². The molecule has 0 aliphatic heterocycles. The van der Waals surface area contributed by atoms with Crippen LogP contribution in [0, 0.1) is 10.1 Å². The Bertz CT molecular complexity index is 985. The monoisotopic (exact) mass is 342 g/mol. The van der Waals surface area contributed by atoms with Crippen LogP contribution in [0.4, 0.5) is 5.69 Å². The molecule has 4 rings (SSSR count). The Morgan fingerprint density at radius 3 is 1.58 bits per heavy atom. The van der Waals surface area contributed by atoms with Gasteiger partial charge < -0.3 is 0 Å². The SMILES string of the molecule is O=[N+]([O-])c1ccc(-n2nc(-c3ccccc3)c(-c3ccccc3)n2)cc1. The van der Waals surface area contributed by atoms with Gasteiger partial charge >= 0.3 is 0 Å². The van der Waals surface area contributed by atoms with Gasteiger partial charge in [0.15, 0.2) is 0 Å². The molecule has 26 heavy (non-hydrogen) atoms. The van der Waals surface area contributed by atoms with Crippen LogP contribution in [0.2, 0.25) is 0 Å². The summed E-state index contributed by atoms with van der Waals surface area (Å²) in [6.45, 7) is 0. The second-order valence-corrected chi connectivity index (χ2v) is 5.69. The molecule has 3 aromatic carbocycles. The molecule has 1 aromatic heterocycles. The molecule has 126 valence electrons. The van der Waals surface area contributed by atoms with E-state index in [0.717, 1.165) is 22.5 Å². The van der Waals surface area contributed by atoms with Gasteiger partial charge in [0.05, 0.1) is 10.6 Å². The Hall–Kier alpha value is -3.80. The molecule has 0 N–H and O–H groups in total. The van der Waals surface area contributed by atoms with Gasteiger partial charge in [-0.05, 0) is 12.1 Å². The highest BCUT2D eigenvalue weighted by molar-refractivity contribution is 5.77. The fourth-order valence-corrected chi connectivity index (χ4v) is 2.71. The van der Waals surface area contributed by atoms with E-state index < -0.39 is 4.92 Å². The number of nitro benzene ring substituents is 1. The minimum Gasteiger partial charge on any atom is -0.258 e. The Morgan fingerprint density at radius 2 is 1.15 bits per heavy atom. The van der Waals surface area contributed by atoms with Crippen LogP contribution in [0.3, 0.4) is 0 Å². The van der Waals surface area contributed by atoms with Crippen LogP contribution in [0.5, 0.6) is 0 Å². The molecule has 0 unspecified atom stereocenters.